The third-order valence-electron chi connectivity index (χ3n) is 6.10. The summed E-state index contributed by atoms with van der Waals surface area (Å²) in [5.74, 6) is -0.418. The van der Waals surface area contributed by atoms with E-state index in [4.69, 9.17) is 27.9 Å². The number of benzene rings is 3. The van der Waals surface area contributed by atoms with Crippen LogP contribution in [0.15, 0.2) is 71.6 Å². The summed E-state index contributed by atoms with van der Waals surface area (Å²) in [6.07, 6.45) is 0. The molecule has 0 spiro atoms. The van der Waals surface area contributed by atoms with Crippen LogP contribution in [0.2, 0.25) is 10.0 Å². The summed E-state index contributed by atoms with van der Waals surface area (Å²) in [4.78, 5) is 28.0. The average molecular weight is 593 g/mol. The quantitative estimate of drug-likeness (QED) is 0.336. The molecule has 0 radical (unpaired) electrons. The van der Waals surface area contributed by atoms with Crippen molar-refractivity contribution >= 4 is 50.7 Å². The summed E-state index contributed by atoms with van der Waals surface area (Å²) in [6, 6.07) is 16.7. The number of hydrogen-bond donors (Lipinski definition) is 1. The van der Waals surface area contributed by atoms with Crippen LogP contribution in [0.3, 0.4) is 0 Å². The molecule has 0 aromatic heterocycles. The molecule has 8 nitrogen and oxygen atoms in total. The maximum absolute atomic E-state index is 13.8. The molecule has 1 atom stereocenters. The first kappa shape index (κ1) is 30.3. The van der Waals surface area contributed by atoms with Crippen LogP contribution >= 0.6 is 23.2 Å². The first-order chi connectivity index (χ1) is 18.5. The van der Waals surface area contributed by atoms with Crippen LogP contribution in [0.1, 0.15) is 25.0 Å². The van der Waals surface area contributed by atoms with Gasteiger partial charge in [-0.1, -0.05) is 47.0 Å². The summed E-state index contributed by atoms with van der Waals surface area (Å²) in [5.41, 5.74) is 1.79. The second kappa shape index (κ2) is 13.2. The Hall–Kier alpha value is -3.27. The molecule has 11 heteroatoms. The highest BCUT2D eigenvalue weighted by Crippen LogP contribution is 2.27. The number of rotatable bonds is 11. The van der Waals surface area contributed by atoms with E-state index < -0.39 is 28.5 Å². The SMILES string of the molecule is CCNC(=O)C(C)N(Cc1ccc(Cl)c(Cl)c1)C(=O)CN(c1ccc(OC)cc1)S(=O)(=O)c1ccc(C)cc1. The number of carbonyl (C=O) groups is 2. The topological polar surface area (TPSA) is 96.0 Å². The molecule has 0 fully saturated rings. The molecule has 1 unspecified atom stereocenters. The van der Waals surface area contributed by atoms with Gasteiger partial charge < -0.3 is 15.0 Å². The normalized spacial score (nSPS) is 11.9. The number of hydrogen-bond acceptors (Lipinski definition) is 5. The van der Waals surface area contributed by atoms with Gasteiger partial charge in [-0.05, 0) is 74.9 Å². The lowest BCUT2D eigenvalue weighted by atomic mass is 10.1. The molecule has 0 saturated heterocycles. The number of halogens is 2. The van der Waals surface area contributed by atoms with E-state index >= 15 is 0 Å². The molecule has 3 aromatic rings. The fourth-order valence-electron chi connectivity index (χ4n) is 3.85. The first-order valence-electron chi connectivity index (χ1n) is 12.2. The molecule has 0 saturated carbocycles. The number of anilines is 1. The molecule has 1 N–H and O–H groups in total. The Kier molecular flexibility index (Phi) is 10.2. The van der Waals surface area contributed by atoms with Crippen LogP contribution in [0.25, 0.3) is 0 Å². The number of likely N-dealkylation sites (N-methyl/N-ethyl adjacent to an activating group) is 1. The minimum Gasteiger partial charge on any atom is -0.497 e. The zero-order valence-electron chi connectivity index (χ0n) is 22.1. The van der Waals surface area contributed by atoms with Crippen molar-refractivity contribution in [1.82, 2.24) is 10.2 Å². The Morgan fingerprint density at radius 2 is 1.62 bits per heavy atom. The molecule has 3 aromatic carbocycles. The smallest absolute Gasteiger partial charge is 0.264 e. The van der Waals surface area contributed by atoms with Gasteiger partial charge in [0.25, 0.3) is 10.0 Å². The van der Waals surface area contributed by atoms with Crippen molar-refractivity contribution in [1.29, 1.82) is 0 Å². The highest BCUT2D eigenvalue weighted by molar-refractivity contribution is 7.92. The molecule has 0 aliphatic rings. The second-order valence-electron chi connectivity index (χ2n) is 8.86. The Labute approximate surface area is 239 Å². The summed E-state index contributed by atoms with van der Waals surface area (Å²) in [5, 5.41) is 3.37. The van der Waals surface area contributed by atoms with Crippen molar-refractivity contribution in [3.05, 3.63) is 87.9 Å². The van der Waals surface area contributed by atoms with Gasteiger partial charge in [0.15, 0.2) is 0 Å². The van der Waals surface area contributed by atoms with E-state index in [1.54, 1.807) is 68.4 Å². The van der Waals surface area contributed by atoms with Gasteiger partial charge >= 0.3 is 0 Å². The molecular weight excluding hydrogens is 561 g/mol. The lowest BCUT2D eigenvalue weighted by Gasteiger charge is -2.32. The third-order valence-corrected chi connectivity index (χ3v) is 8.63. The van der Waals surface area contributed by atoms with Crippen molar-refractivity contribution in [3.8, 4) is 5.75 Å². The standard InChI is InChI=1S/C28H31Cl2N3O5S/c1-5-31-28(35)20(3)32(17-21-8-15-25(29)26(30)16-21)27(34)18-33(22-9-11-23(38-4)12-10-22)39(36,37)24-13-6-19(2)7-14-24/h6-16,20H,5,17-18H2,1-4H3,(H,31,35). The van der Waals surface area contributed by atoms with Crippen LogP contribution in [-0.4, -0.2) is 51.4 Å². The van der Waals surface area contributed by atoms with E-state index in [2.05, 4.69) is 5.32 Å². The van der Waals surface area contributed by atoms with E-state index in [1.165, 1.54) is 24.1 Å². The van der Waals surface area contributed by atoms with Crippen molar-refractivity contribution < 1.29 is 22.7 Å². The molecule has 2 amide bonds. The lowest BCUT2D eigenvalue weighted by Crippen LogP contribution is -2.51. The van der Waals surface area contributed by atoms with Crippen molar-refractivity contribution in [2.75, 3.05) is 24.5 Å². The Bertz CT molecular complexity index is 1410. The van der Waals surface area contributed by atoms with Crippen LogP contribution < -0.4 is 14.4 Å². The highest BCUT2D eigenvalue weighted by Gasteiger charge is 2.32. The molecule has 39 heavy (non-hydrogen) atoms. The van der Waals surface area contributed by atoms with E-state index in [0.29, 0.717) is 27.9 Å². The van der Waals surface area contributed by atoms with E-state index in [1.807, 2.05) is 6.92 Å². The number of ether oxygens (including phenoxy) is 1. The van der Waals surface area contributed by atoms with Crippen molar-refractivity contribution in [2.45, 2.75) is 38.3 Å². The van der Waals surface area contributed by atoms with Gasteiger partial charge in [0, 0.05) is 13.1 Å². The summed E-state index contributed by atoms with van der Waals surface area (Å²) in [7, 11) is -2.65. The minimum absolute atomic E-state index is 0.00898. The predicted octanol–water partition coefficient (Wildman–Crippen LogP) is 5.06. The average Bonchev–Trinajstić information content (AvgIpc) is 2.92. The van der Waals surface area contributed by atoms with Gasteiger partial charge in [-0.3, -0.25) is 13.9 Å². The molecule has 0 heterocycles. The molecule has 0 aliphatic heterocycles. The van der Waals surface area contributed by atoms with E-state index in [0.717, 1.165) is 9.87 Å². The first-order valence-corrected chi connectivity index (χ1v) is 14.4. The fourth-order valence-corrected chi connectivity index (χ4v) is 5.59. The zero-order valence-corrected chi connectivity index (χ0v) is 24.5. The van der Waals surface area contributed by atoms with Gasteiger partial charge in [-0.15, -0.1) is 0 Å². The Morgan fingerprint density at radius 1 is 0.974 bits per heavy atom. The van der Waals surface area contributed by atoms with Gasteiger partial charge in [-0.25, -0.2) is 8.42 Å². The number of nitrogens with one attached hydrogen (secondary N) is 1. The van der Waals surface area contributed by atoms with Gasteiger partial charge in [0.05, 0.1) is 27.7 Å². The number of aryl methyl sites for hydroxylation is 1. The van der Waals surface area contributed by atoms with Crippen molar-refractivity contribution in [2.24, 2.45) is 0 Å². The van der Waals surface area contributed by atoms with Crippen LogP contribution in [0.5, 0.6) is 5.75 Å². The second-order valence-corrected chi connectivity index (χ2v) is 11.5. The van der Waals surface area contributed by atoms with Crippen LogP contribution in [0.4, 0.5) is 5.69 Å². The predicted molar refractivity (Wildman–Crippen MR) is 154 cm³/mol. The monoisotopic (exact) mass is 591 g/mol. The third kappa shape index (κ3) is 7.44. The molecular formula is C28H31Cl2N3O5S. The van der Waals surface area contributed by atoms with Crippen molar-refractivity contribution in [3.63, 3.8) is 0 Å². The molecule has 3 rings (SSSR count). The molecule has 208 valence electrons. The summed E-state index contributed by atoms with van der Waals surface area (Å²) in [6.45, 7) is 5.05. The number of nitrogens with zero attached hydrogens (tertiary/aromatic N) is 2. The lowest BCUT2D eigenvalue weighted by molar-refractivity contribution is -0.139. The minimum atomic E-state index is -4.15. The zero-order chi connectivity index (χ0) is 28.7. The summed E-state index contributed by atoms with van der Waals surface area (Å²) >= 11 is 12.2. The Balaban J connectivity index is 2.04. The van der Waals surface area contributed by atoms with Crippen LogP contribution in [-0.2, 0) is 26.2 Å². The Morgan fingerprint density at radius 3 is 2.18 bits per heavy atom. The van der Waals surface area contributed by atoms with Gasteiger partial charge in [-0.2, -0.15) is 0 Å². The molecule has 0 aliphatic carbocycles. The maximum atomic E-state index is 13.8. The van der Waals surface area contributed by atoms with Gasteiger partial charge in [0.1, 0.15) is 18.3 Å². The molecule has 0 bridgehead atoms. The fraction of sp³-hybridized carbons (Fsp3) is 0.286. The number of sulfonamides is 1. The van der Waals surface area contributed by atoms with Crippen LogP contribution in [0, 0.1) is 6.92 Å². The summed E-state index contributed by atoms with van der Waals surface area (Å²) < 4.78 is 33.9. The number of amides is 2. The number of methoxy groups -OCH3 is 1. The highest BCUT2D eigenvalue weighted by atomic mass is 35.5. The number of carbonyl (C=O) groups excluding carboxylic acids is 2. The van der Waals surface area contributed by atoms with E-state index in [-0.39, 0.29) is 23.0 Å². The van der Waals surface area contributed by atoms with Gasteiger partial charge in [0.2, 0.25) is 11.8 Å². The van der Waals surface area contributed by atoms with E-state index in [9.17, 15) is 18.0 Å². The maximum Gasteiger partial charge on any atom is 0.264 e. The largest absolute Gasteiger partial charge is 0.497 e.